The number of hydrogen-bond donors (Lipinski definition) is 1. The molecule has 0 N–H and O–H groups in total. The molecule has 19 heavy (non-hydrogen) atoms. The van der Waals surface area contributed by atoms with Crippen LogP contribution in [0.1, 0.15) is 23.7 Å². The van der Waals surface area contributed by atoms with Gasteiger partial charge in [-0.3, -0.25) is 4.79 Å². The van der Waals surface area contributed by atoms with Crippen molar-refractivity contribution < 1.29 is 18.7 Å². The maximum absolute atomic E-state index is 13.3. The number of ether oxygens (including phenoxy) is 1. The van der Waals surface area contributed by atoms with E-state index < -0.39 is 11.8 Å². The number of esters is 1. The number of nitrogens with zero attached hydrogens (tertiary/aromatic N) is 1. The van der Waals surface area contributed by atoms with Crippen LogP contribution in [0.25, 0.3) is 0 Å². The van der Waals surface area contributed by atoms with Gasteiger partial charge in [-0.15, -0.1) is 0 Å². The second kappa shape index (κ2) is 5.61. The van der Waals surface area contributed by atoms with Gasteiger partial charge in [0, 0.05) is 18.2 Å². The lowest BCUT2D eigenvalue weighted by atomic mass is 10.1. The van der Waals surface area contributed by atoms with E-state index >= 15 is 0 Å². The van der Waals surface area contributed by atoms with E-state index in [1.54, 1.807) is 6.92 Å². The lowest BCUT2D eigenvalue weighted by Crippen LogP contribution is -2.27. The van der Waals surface area contributed by atoms with Crippen LogP contribution >= 0.6 is 12.6 Å². The molecule has 1 amide bonds. The molecular weight excluding hydrogens is 269 g/mol. The van der Waals surface area contributed by atoms with E-state index in [0.29, 0.717) is 18.7 Å². The minimum Gasteiger partial charge on any atom is -0.462 e. The molecule has 1 fully saturated rings. The van der Waals surface area contributed by atoms with Gasteiger partial charge in [-0.25, -0.2) is 9.18 Å². The molecule has 2 rings (SSSR count). The van der Waals surface area contributed by atoms with E-state index in [0.717, 1.165) is 6.07 Å². The monoisotopic (exact) mass is 283 g/mol. The molecule has 1 heterocycles. The highest BCUT2D eigenvalue weighted by molar-refractivity contribution is 7.81. The maximum Gasteiger partial charge on any atom is 0.340 e. The molecule has 0 bridgehead atoms. The average Bonchev–Trinajstić information content (AvgIpc) is 2.68. The number of thiol groups is 1. The highest BCUT2D eigenvalue weighted by Crippen LogP contribution is 2.28. The van der Waals surface area contributed by atoms with Gasteiger partial charge in [0.05, 0.1) is 17.9 Å². The van der Waals surface area contributed by atoms with Gasteiger partial charge in [-0.05, 0) is 25.1 Å². The molecule has 0 saturated carbocycles. The first kappa shape index (κ1) is 13.9. The van der Waals surface area contributed by atoms with E-state index in [9.17, 15) is 14.0 Å². The molecule has 1 saturated heterocycles. The first-order valence-electron chi connectivity index (χ1n) is 5.98. The Morgan fingerprint density at radius 3 is 2.89 bits per heavy atom. The minimum absolute atomic E-state index is 0.0673. The Morgan fingerprint density at radius 2 is 2.32 bits per heavy atom. The molecule has 102 valence electrons. The molecule has 0 radical (unpaired) electrons. The van der Waals surface area contributed by atoms with Gasteiger partial charge in [0.1, 0.15) is 5.82 Å². The Hall–Kier alpha value is -1.56. The summed E-state index contributed by atoms with van der Waals surface area (Å²) in [5.74, 6) is -1.30. The van der Waals surface area contributed by atoms with Crippen LogP contribution in [-0.4, -0.2) is 30.3 Å². The lowest BCUT2D eigenvalue weighted by Gasteiger charge is -2.19. The van der Waals surface area contributed by atoms with Crippen molar-refractivity contribution in [3.05, 3.63) is 29.6 Å². The standard InChI is InChI=1S/C13H14FNO3S/c1-2-18-13(17)10-5-8(14)3-4-11(10)15-7-9(19)6-12(15)16/h3-5,9,19H,2,6-7H2,1H3. The molecule has 1 atom stereocenters. The van der Waals surface area contributed by atoms with E-state index in [1.807, 2.05) is 0 Å². The van der Waals surface area contributed by atoms with Crippen LogP contribution in [0.4, 0.5) is 10.1 Å². The molecule has 6 heteroatoms. The van der Waals surface area contributed by atoms with Gasteiger partial charge in [0.2, 0.25) is 5.91 Å². The zero-order valence-electron chi connectivity index (χ0n) is 10.4. The minimum atomic E-state index is -0.632. The fraction of sp³-hybridized carbons (Fsp3) is 0.385. The number of anilines is 1. The van der Waals surface area contributed by atoms with Crippen LogP contribution in [-0.2, 0) is 9.53 Å². The first-order valence-corrected chi connectivity index (χ1v) is 6.49. The van der Waals surface area contributed by atoms with E-state index in [2.05, 4.69) is 12.6 Å². The maximum atomic E-state index is 13.3. The summed E-state index contributed by atoms with van der Waals surface area (Å²) in [5.41, 5.74) is 0.444. The summed E-state index contributed by atoms with van der Waals surface area (Å²) in [6, 6.07) is 3.73. The number of hydrogen-bond acceptors (Lipinski definition) is 4. The van der Waals surface area contributed by atoms with E-state index in [4.69, 9.17) is 4.74 Å². The number of rotatable bonds is 3. The Kier molecular flexibility index (Phi) is 4.09. The highest BCUT2D eigenvalue weighted by Gasteiger charge is 2.31. The fourth-order valence-corrected chi connectivity index (χ4v) is 2.36. The van der Waals surface area contributed by atoms with Crippen LogP contribution in [0.15, 0.2) is 18.2 Å². The van der Waals surface area contributed by atoms with Gasteiger partial charge >= 0.3 is 5.97 Å². The van der Waals surface area contributed by atoms with Crippen molar-refractivity contribution in [2.24, 2.45) is 0 Å². The summed E-state index contributed by atoms with van der Waals surface area (Å²) in [4.78, 5) is 25.1. The summed E-state index contributed by atoms with van der Waals surface area (Å²) in [6.45, 7) is 2.26. The summed E-state index contributed by atoms with van der Waals surface area (Å²) in [6.07, 6.45) is 0.308. The number of halogens is 1. The largest absolute Gasteiger partial charge is 0.462 e. The number of amides is 1. The van der Waals surface area contributed by atoms with Crippen molar-refractivity contribution in [1.82, 2.24) is 0 Å². The quantitative estimate of drug-likeness (QED) is 0.682. The smallest absolute Gasteiger partial charge is 0.340 e. The molecule has 1 aliphatic rings. The molecule has 1 aromatic carbocycles. The summed E-state index contributed by atoms with van der Waals surface area (Å²) < 4.78 is 18.2. The highest BCUT2D eigenvalue weighted by atomic mass is 32.1. The summed E-state index contributed by atoms with van der Waals surface area (Å²) in [7, 11) is 0. The lowest BCUT2D eigenvalue weighted by molar-refractivity contribution is -0.117. The van der Waals surface area contributed by atoms with Gasteiger partial charge in [-0.2, -0.15) is 12.6 Å². The van der Waals surface area contributed by atoms with E-state index in [1.165, 1.54) is 17.0 Å². The zero-order chi connectivity index (χ0) is 14.0. The summed E-state index contributed by atoms with van der Waals surface area (Å²) in [5, 5.41) is -0.0763. The molecule has 1 unspecified atom stereocenters. The number of benzene rings is 1. The van der Waals surface area contributed by atoms with Crippen LogP contribution in [0.2, 0.25) is 0 Å². The first-order chi connectivity index (χ1) is 9.02. The van der Waals surface area contributed by atoms with Crippen molar-refractivity contribution in [2.75, 3.05) is 18.1 Å². The van der Waals surface area contributed by atoms with Crippen LogP contribution in [0.5, 0.6) is 0 Å². The number of carbonyl (C=O) groups excluding carboxylic acids is 2. The molecule has 4 nitrogen and oxygen atoms in total. The predicted octanol–water partition coefficient (Wildman–Crippen LogP) is 2.04. The molecular formula is C13H14FNO3S. The predicted molar refractivity (Wildman–Crippen MR) is 72.1 cm³/mol. The molecule has 0 aliphatic carbocycles. The molecule has 1 aliphatic heterocycles. The second-order valence-electron chi connectivity index (χ2n) is 4.24. The van der Waals surface area contributed by atoms with Crippen molar-refractivity contribution >= 4 is 30.2 Å². The van der Waals surface area contributed by atoms with Gasteiger partial charge in [-0.1, -0.05) is 0 Å². The molecule has 0 aromatic heterocycles. The van der Waals surface area contributed by atoms with Crippen LogP contribution < -0.4 is 4.90 Å². The third-order valence-electron chi connectivity index (χ3n) is 2.85. The topological polar surface area (TPSA) is 46.6 Å². The van der Waals surface area contributed by atoms with Crippen molar-refractivity contribution in [2.45, 2.75) is 18.6 Å². The molecule has 0 spiro atoms. The normalized spacial score (nSPS) is 18.8. The van der Waals surface area contributed by atoms with E-state index in [-0.39, 0.29) is 23.3 Å². The Bertz CT molecular complexity index is 521. The van der Waals surface area contributed by atoms with Crippen LogP contribution in [0.3, 0.4) is 0 Å². The third kappa shape index (κ3) is 2.89. The summed E-state index contributed by atoms with van der Waals surface area (Å²) >= 11 is 4.26. The zero-order valence-corrected chi connectivity index (χ0v) is 11.3. The fourth-order valence-electron chi connectivity index (χ4n) is 2.04. The Labute approximate surface area is 115 Å². The van der Waals surface area contributed by atoms with Crippen LogP contribution in [0, 0.1) is 5.82 Å². The molecule has 1 aromatic rings. The second-order valence-corrected chi connectivity index (χ2v) is 4.97. The van der Waals surface area contributed by atoms with Gasteiger partial charge in [0.25, 0.3) is 0 Å². The SMILES string of the molecule is CCOC(=O)c1cc(F)ccc1N1CC(S)CC1=O. The van der Waals surface area contributed by atoms with Crippen molar-refractivity contribution in [3.63, 3.8) is 0 Å². The van der Waals surface area contributed by atoms with Gasteiger partial charge in [0.15, 0.2) is 0 Å². The Morgan fingerprint density at radius 1 is 1.58 bits per heavy atom. The average molecular weight is 283 g/mol. The van der Waals surface area contributed by atoms with Crippen molar-refractivity contribution in [3.8, 4) is 0 Å². The van der Waals surface area contributed by atoms with Gasteiger partial charge < -0.3 is 9.64 Å². The third-order valence-corrected chi connectivity index (χ3v) is 3.20. The Balaban J connectivity index is 2.39. The number of carbonyl (C=O) groups is 2. The van der Waals surface area contributed by atoms with Crippen molar-refractivity contribution in [1.29, 1.82) is 0 Å².